The number of carbonyl (C=O) groups excluding carboxylic acids is 1. The van der Waals surface area contributed by atoms with Gasteiger partial charge in [0.25, 0.3) is 0 Å². The zero-order valence-corrected chi connectivity index (χ0v) is 12.2. The van der Waals surface area contributed by atoms with E-state index in [9.17, 15) is 4.79 Å². The van der Waals surface area contributed by atoms with E-state index in [1.54, 1.807) is 42.5 Å². The smallest absolute Gasteiger partial charge is 0.210 e. The van der Waals surface area contributed by atoms with Gasteiger partial charge in [0, 0.05) is 12.0 Å². The summed E-state index contributed by atoms with van der Waals surface area (Å²) in [4.78, 5) is 12.2. The summed E-state index contributed by atoms with van der Waals surface area (Å²) in [6.07, 6.45) is 0.188. The standard InChI is InChI=1S/C16H14ClNO3/c1-21-15-8-7-11(9-13(15)17)10-14(18-20)16(19)12-5-3-2-4-6-12/h2-9,20H,10H2,1H3/b18-14+. The molecule has 0 amide bonds. The number of halogens is 1. The van der Waals surface area contributed by atoms with E-state index in [0.29, 0.717) is 16.3 Å². The fourth-order valence-corrected chi connectivity index (χ4v) is 2.21. The summed E-state index contributed by atoms with van der Waals surface area (Å²) < 4.78 is 5.07. The lowest BCUT2D eigenvalue weighted by atomic mass is 10.0. The number of nitrogens with zero attached hydrogens (tertiary/aromatic N) is 1. The van der Waals surface area contributed by atoms with Crippen molar-refractivity contribution in [2.24, 2.45) is 5.16 Å². The summed E-state index contributed by atoms with van der Waals surface area (Å²) in [5, 5.41) is 12.7. The molecule has 0 saturated heterocycles. The van der Waals surface area contributed by atoms with Gasteiger partial charge in [0.1, 0.15) is 11.5 Å². The zero-order chi connectivity index (χ0) is 15.2. The van der Waals surface area contributed by atoms with Gasteiger partial charge in [-0.3, -0.25) is 4.79 Å². The lowest BCUT2D eigenvalue weighted by Gasteiger charge is -2.07. The molecule has 0 fully saturated rings. The average Bonchev–Trinajstić information content (AvgIpc) is 2.53. The van der Waals surface area contributed by atoms with Crippen molar-refractivity contribution < 1.29 is 14.7 Å². The average molecular weight is 304 g/mol. The summed E-state index contributed by atoms with van der Waals surface area (Å²) in [5.41, 5.74) is 1.30. The number of rotatable bonds is 5. The molecule has 5 heteroatoms. The molecule has 0 bridgehead atoms. The van der Waals surface area contributed by atoms with Gasteiger partial charge in [-0.1, -0.05) is 53.2 Å². The first-order chi connectivity index (χ1) is 10.2. The molecule has 2 aromatic rings. The minimum absolute atomic E-state index is 0.0578. The highest BCUT2D eigenvalue weighted by atomic mass is 35.5. The van der Waals surface area contributed by atoms with Gasteiger partial charge in [-0.05, 0) is 17.7 Å². The third-order valence-electron chi connectivity index (χ3n) is 3.01. The van der Waals surface area contributed by atoms with E-state index >= 15 is 0 Å². The molecule has 1 N–H and O–H groups in total. The van der Waals surface area contributed by atoms with Gasteiger partial charge in [-0.25, -0.2) is 0 Å². The number of Topliss-reactive ketones (excluding diaryl/α,β-unsaturated/α-hetero) is 1. The van der Waals surface area contributed by atoms with Gasteiger partial charge < -0.3 is 9.94 Å². The molecule has 0 aliphatic rings. The Morgan fingerprint density at radius 1 is 1.24 bits per heavy atom. The molecule has 0 atom stereocenters. The number of ether oxygens (including phenoxy) is 1. The molecule has 0 radical (unpaired) electrons. The van der Waals surface area contributed by atoms with Crippen molar-refractivity contribution in [1.82, 2.24) is 0 Å². The second-order valence-corrected chi connectivity index (χ2v) is 4.79. The van der Waals surface area contributed by atoms with Crippen molar-refractivity contribution in [1.29, 1.82) is 0 Å². The SMILES string of the molecule is COc1ccc(C/C(=N\O)C(=O)c2ccccc2)cc1Cl. The maximum atomic E-state index is 12.2. The molecular formula is C16H14ClNO3. The third-order valence-corrected chi connectivity index (χ3v) is 3.30. The normalized spacial score (nSPS) is 11.2. The molecule has 108 valence electrons. The first kappa shape index (κ1) is 15.1. The molecule has 0 heterocycles. The van der Waals surface area contributed by atoms with Crippen LogP contribution in [-0.4, -0.2) is 23.8 Å². The zero-order valence-electron chi connectivity index (χ0n) is 11.4. The second kappa shape index (κ2) is 6.90. The first-order valence-electron chi connectivity index (χ1n) is 6.28. The van der Waals surface area contributed by atoms with Crippen LogP contribution in [0.25, 0.3) is 0 Å². The topological polar surface area (TPSA) is 58.9 Å². The van der Waals surface area contributed by atoms with Crippen molar-refractivity contribution >= 4 is 23.1 Å². The molecule has 0 unspecified atom stereocenters. The molecule has 2 aromatic carbocycles. The summed E-state index contributed by atoms with van der Waals surface area (Å²) in [6.45, 7) is 0. The lowest BCUT2D eigenvalue weighted by molar-refractivity contribution is 0.106. The minimum Gasteiger partial charge on any atom is -0.495 e. The van der Waals surface area contributed by atoms with Crippen LogP contribution in [0.2, 0.25) is 5.02 Å². The maximum absolute atomic E-state index is 12.2. The number of ketones is 1. The molecular weight excluding hydrogens is 290 g/mol. The largest absolute Gasteiger partial charge is 0.495 e. The van der Waals surface area contributed by atoms with Gasteiger partial charge in [-0.15, -0.1) is 0 Å². The minimum atomic E-state index is -0.315. The fraction of sp³-hybridized carbons (Fsp3) is 0.125. The molecule has 0 aromatic heterocycles. The van der Waals surface area contributed by atoms with E-state index in [1.807, 2.05) is 6.07 Å². The summed E-state index contributed by atoms with van der Waals surface area (Å²) in [7, 11) is 1.53. The van der Waals surface area contributed by atoms with Crippen molar-refractivity contribution in [2.45, 2.75) is 6.42 Å². The first-order valence-corrected chi connectivity index (χ1v) is 6.66. The van der Waals surface area contributed by atoms with Gasteiger partial charge in [0.2, 0.25) is 5.78 Å². The van der Waals surface area contributed by atoms with Crippen molar-refractivity contribution in [3.8, 4) is 5.75 Å². The van der Waals surface area contributed by atoms with Crippen molar-refractivity contribution in [3.05, 3.63) is 64.7 Å². The van der Waals surface area contributed by atoms with Crippen LogP contribution in [0.15, 0.2) is 53.7 Å². The highest BCUT2D eigenvalue weighted by Crippen LogP contribution is 2.25. The van der Waals surface area contributed by atoms with E-state index in [0.717, 1.165) is 5.56 Å². The van der Waals surface area contributed by atoms with Gasteiger partial charge in [0.15, 0.2) is 0 Å². The molecule has 0 spiro atoms. The predicted octanol–water partition coefficient (Wildman–Crippen LogP) is 3.60. The van der Waals surface area contributed by atoms with Gasteiger partial charge in [0.05, 0.1) is 12.1 Å². The molecule has 21 heavy (non-hydrogen) atoms. The molecule has 0 saturated carbocycles. The fourth-order valence-electron chi connectivity index (χ4n) is 1.93. The van der Waals surface area contributed by atoms with Crippen LogP contribution >= 0.6 is 11.6 Å². The van der Waals surface area contributed by atoms with Crippen LogP contribution < -0.4 is 4.74 Å². The monoisotopic (exact) mass is 303 g/mol. The second-order valence-electron chi connectivity index (χ2n) is 4.39. The quantitative estimate of drug-likeness (QED) is 0.397. The molecule has 0 aliphatic heterocycles. The summed E-state index contributed by atoms with van der Waals surface area (Å²) >= 11 is 6.04. The number of oxime groups is 1. The lowest BCUT2D eigenvalue weighted by Crippen LogP contribution is -2.17. The summed E-state index contributed by atoms with van der Waals surface area (Å²) in [5.74, 6) is 0.238. The van der Waals surface area contributed by atoms with Crippen LogP contribution in [0.5, 0.6) is 5.75 Å². The van der Waals surface area contributed by atoms with Gasteiger partial charge >= 0.3 is 0 Å². The Hall–Kier alpha value is -2.33. The predicted molar refractivity (Wildman–Crippen MR) is 81.7 cm³/mol. The van der Waals surface area contributed by atoms with Crippen LogP contribution in [-0.2, 0) is 6.42 Å². The van der Waals surface area contributed by atoms with E-state index < -0.39 is 0 Å². The molecule has 2 rings (SSSR count). The Balaban J connectivity index is 2.20. The van der Waals surface area contributed by atoms with E-state index in [4.69, 9.17) is 21.5 Å². The molecule has 0 aliphatic carbocycles. The van der Waals surface area contributed by atoms with Crippen LogP contribution in [0.3, 0.4) is 0 Å². The van der Waals surface area contributed by atoms with Crippen LogP contribution in [0.4, 0.5) is 0 Å². The highest BCUT2D eigenvalue weighted by molar-refractivity contribution is 6.46. The van der Waals surface area contributed by atoms with E-state index in [-0.39, 0.29) is 17.9 Å². The van der Waals surface area contributed by atoms with E-state index in [2.05, 4.69) is 5.16 Å². The van der Waals surface area contributed by atoms with Gasteiger partial charge in [-0.2, -0.15) is 0 Å². The van der Waals surface area contributed by atoms with Crippen molar-refractivity contribution in [2.75, 3.05) is 7.11 Å². The number of carbonyl (C=O) groups is 1. The Kier molecular flexibility index (Phi) is 4.95. The molecule has 4 nitrogen and oxygen atoms in total. The van der Waals surface area contributed by atoms with Crippen molar-refractivity contribution in [3.63, 3.8) is 0 Å². The number of hydrogen-bond donors (Lipinski definition) is 1. The highest BCUT2D eigenvalue weighted by Gasteiger charge is 2.15. The Morgan fingerprint density at radius 3 is 2.52 bits per heavy atom. The Labute approximate surface area is 127 Å². The van der Waals surface area contributed by atoms with Crippen LogP contribution in [0, 0.1) is 0 Å². The Bertz CT molecular complexity index is 668. The number of methoxy groups -OCH3 is 1. The number of benzene rings is 2. The summed E-state index contributed by atoms with van der Waals surface area (Å²) in [6, 6.07) is 13.8. The third kappa shape index (κ3) is 3.61. The Morgan fingerprint density at radius 2 is 1.95 bits per heavy atom. The van der Waals surface area contributed by atoms with Crippen LogP contribution in [0.1, 0.15) is 15.9 Å². The van der Waals surface area contributed by atoms with E-state index in [1.165, 1.54) is 7.11 Å². The maximum Gasteiger partial charge on any atom is 0.210 e. The number of hydrogen-bond acceptors (Lipinski definition) is 4.